The molecule has 0 atom stereocenters. The van der Waals surface area contributed by atoms with Crippen LogP contribution in [0.4, 0.5) is 0 Å². The molecule has 0 saturated heterocycles. The molecule has 1 aromatic carbocycles. The van der Waals surface area contributed by atoms with Gasteiger partial charge in [-0.3, -0.25) is 0 Å². The predicted molar refractivity (Wildman–Crippen MR) is 90.6 cm³/mol. The molecule has 2 heterocycles. The van der Waals surface area contributed by atoms with Crippen LogP contribution < -0.4 is 0 Å². The average Bonchev–Trinajstić information content (AvgIpc) is 2.79. The van der Waals surface area contributed by atoms with Gasteiger partial charge in [-0.05, 0) is 25.8 Å². The van der Waals surface area contributed by atoms with Crippen LogP contribution in [-0.4, -0.2) is 41.5 Å². The molecular formula is C17H21N3O2S. The number of nitrogens with zero attached hydrogens (tertiary/aromatic N) is 3. The molecule has 6 heteroatoms. The monoisotopic (exact) mass is 331 g/mol. The summed E-state index contributed by atoms with van der Waals surface area (Å²) in [7, 11) is -3.15. The van der Waals surface area contributed by atoms with Gasteiger partial charge in [0.15, 0.2) is 5.82 Å². The molecule has 5 nitrogen and oxygen atoms in total. The first-order valence-electron chi connectivity index (χ1n) is 7.91. The van der Waals surface area contributed by atoms with Crippen molar-refractivity contribution < 1.29 is 8.42 Å². The molecule has 0 fully saturated rings. The molecule has 1 aromatic heterocycles. The van der Waals surface area contributed by atoms with Crippen molar-refractivity contribution in [1.29, 1.82) is 0 Å². The molecule has 0 saturated carbocycles. The van der Waals surface area contributed by atoms with Gasteiger partial charge in [0.25, 0.3) is 0 Å². The van der Waals surface area contributed by atoms with E-state index in [0.29, 0.717) is 31.8 Å². The lowest BCUT2D eigenvalue weighted by Crippen LogP contribution is -2.34. The van der Waals surface area contributed by atoms with Crippen molar-refractivity contribution in [2.45, 2.75) is 26.7 Å². The Morgan fingerprint density at radius 1 is 1.09 bits per heavy atom. The minimum absolute atomic E-state index is 0.142. The fraction of sp³-hybridized carbons (Fsp3) is 0.412. The van der Waals surface area contributed by atoms with Crippen LogP contribution in [0.3, 0.4) is 0 Å². The van der Waals surface area contributed by atoms with E-state index in [0.717, 1.165) is 22.5 Å². The summed E-state index contributed by atoms with van der Waals surface area (Å²) in [6.07, 6.45) is 1.31. The van der Waals surface area contributed by atoms with Crippen molar-refractivity contribution >= 4 is 10.0 Å². The van der Waals surface area contributed by atoms with Gasteiger partial charge in [0.05, 0.1) is 5.75 Å². The molecule has 0 N–H and O–H groups in total. The Bertz CT molecular complexity index is 804. The Labute approximate surface area is 137 Å². The van der Waals surface area contributed by atoms with Gasteiger partial charge >= 0.3 is 0 Å². The molecule has 2 aromatic rings. The van der Waals surface area contributed by atoms with Crippen molar-refractivity contribution in [2.75, 3.05) is 18.8 Å². The maximum absolute atomic E-state index is 12.1. The van der Waals surface area contributed by atoms with Crippen LogP contribution in [0.5, 0.6) is 0 Å². The number of hydrogen-bond donors (Lipinski definition) is 0. The molecule has 0 unspecified atom stereocenters. The van der Waals surface area contributed by atoms with E-state index in [2.05, 4.69) is 4.98 Å². The smallest absolute Gasteiger partial charge is 0.213 e. The van der Waals surface area contributed by atoms with E-state index in [9.17, 15) is 8.42 Å². The minimum atomic E-state index is -3.15. The van der Waals surface area contributed by atoms with E-state index in [-0.39, 0.29) is 5.75 Å². The molecule has 1 aliphatic heterocycles. The lowest BCUT2D eigenvalue weighted by molar-refractivity contribution is 0.427. The maximum Gasteiger partial charge on any atom is 0.213 e. The third-order valence-corrected chi connectivity index (χ3v) is 6.18. The van der Waals surface area contributed by atoms with Gasteiger partial charge in [-0.15, -0.1) is 0 Å². The van der Waals surface area contributed by atoms with E-state index in [4.69, 9.17) is 4.98 Å². The fourth-order valence-electron chi connectivity index (χ4n) is 2.94. The van der Waals surface area contributed by atoms with Gasteiger partial charge in [-0.25, -0.2) is 22.7 Å². The Morgan fingerprint density at radius 3 is 2.48 bits per heavy atom. The van der Waals surface area contributed by atoms with Crippen molar-refractivity contribution in [3.63, 3.8) is 0 Å². The summed E-state index contributed by atoms with van der Waals surface area (Å²) in [5, 5.41) is 0. The molecule has 0 bridgehead atoms. The molecule has 23 heavy (non-hydrogen) atoms. The zero-order chi connectivity index (χ0) is 16.4. The van der Waals surface area contributed by atoms with E-state index in [1.54, 1.807) is 11.2 Å². The van der Waals surface area contributed by atoms with Crippen molar-refractivity contribution in [3.8, 4) is 11.4 Å². The summed E-state index contributed by atoms with van der Waals surface area (Å²) in [5.74, 6) is 0.858. The van der Waals surface area contributed by atoms with Crippen molar-refractivity contribution in [2.24, 2.45) is 0 Å². The predicted octanol–water partition coefficient (Wildman–Crippen LogP) is 2.20. The van der Waals surface area contributed by atoms with Gasteiger partial charge in [0.1, 0.15) is 0 Å². The normalized spacial score (nSPS) is 15.9. The second kappa shape index (κ2) is 6.37. The number of sulfonamides is 1. The summed E-state index contributed by atoms with van der Waals surface area (Å²) in [6.45, 7) is 4.68. The maximum atomic E-state index is 12.1. The van der Waals surface area contributed by atoms with E-state index in [1.165, 1.54) is 0 Å². The summed E-state index contributed by atoms with van der Waals surface area (Å²) < 4.78 is 25.8. The average molecular weight is 331 g/mol. The number of fused-ring (bicyclic) bond motifs is 1. The van der Waals surface area contributed by atoms with Crippen molar-refractivity contribution in [1.82, 2.24) is 14.3 Å². The van der Waals surface area contributed by atoms with Gasteiger partial charge in [-0.1, -0.05) is 30.3 Å². The van der Waals surface area contributed by atoms with E-state index in [1.807, 2.05) is 37.3 Å². The third-order valence-electron chi connectivity index (χ3n) is 4.30. The number of hydrogen-bond acceptors (Lipinski definition) is 4. The summed E-state index contributed by atoms with van der Waals surface area (Å²) >= 11 is 0. The lowest BCUT2D eigenvalue weighted by Gasteiger charge is -2.18. The van der Waals surface area contributed by atoms with Crippen LogP contribution in [0.25, 0.3) is 11.4 Å². The molecule has 0 amide bonds. The molecule has 3 rings (SSSR count). The molecule has 122 valence electrons. The SMILES string of the molecule is CCS(=O)(=O)N1CCc2nc(-c3ccccc3)nc(C)c2CC1. The molecular weight excluding hydrogens is 310 g/mol. The lowest BCUT2D eigenvalue weighted by atomic mass is 10.1. The first-order valence-corrected chi connectivity index (χ1v) is 9.52. The zero-order valence-electron chi connectivity index (χ0n) is 13.5. The van der Waals surface area contributed by atoms with Gasteiger partial charge in [-0.2, -0.15) is 0 Å². The number of rotatable bonds is 3. The zero-order valence-corrected chi connectivity index (χ0v) is 14.3. The van der Waals surface area contributed by atoms with Gasteiger partial charge in [0.2, 0.25) is 10.0 Å². The quantitative estimate of drug-likeness (QED) is 0.865. The van der Waals surface area contributed by atoms with Crippen LogP contribution in [0.15, 0.2) is 30.3 Å². The van der Waals surface area contributed by atoms with Crippen LogP contribution >= 0.6 is 0 Å². The van der Waals surface area contributed by atoms with Gasteiger partial charge < -0.3 is 0 Å². The largest absolute Gasteiger partial charge is 0.233 e. The second-order valence-corrected chi connectivity index (χ2v) is 7.98. The Balaban J connectivity index is 1.95. The highest BCUT2D eigenvalue weighted by atomic mass is 32.2. The number of aromatic nitrogens is 2. The van der Waals surface area contributed by atoms with E-state index >= 15 is 0 Å². The minimum Gasteiger partial charge on any atom is -0.233 e. The Kier molecular flexibility index (Phi) is 4.46. The highest BCUT2D eigenvalue weighted by Gasteiger charge is 2.25. The summed E-state index contributed by atoms with van der Waals surface area (Å²) in [4.78, 5) is 9.34. The highest BCUT2D eigenvalue weighted by Crippen LogP contribution is 2.23. The van der Waals surface area contributed by atoms with Crippen LogP contribution in [0.2, 0.25) is 0 Å². The summed E-state index contributed by atoms with van der Waals surface area (Å²) in [6, 6.07) is 9.88. The highest BCUT2D eigenvalue weighted by molar-refractivity contribution is 7.89. The first kappa shape index (κ1) is 16.1. The Hall–Kier alpha value is -1.79. The van der Waals surface area contributed by atoms with Gasteiger partial charge in [0, 0.05) is 36.5 Å². The third kappa shape index (κ3) is 3.28. The standard InChI is InChI=1S/C17H21N3O2S/c1-3-23(21,22)20-11-9-15-13(2)18-17(19-16(15)10-12-20)14-7-5-4-6-8-14/h4-8H,3,9-12H2,1-2H3. The Morgan fingerprint density at radius 2 is 1.78 bits per heavy atom. The molecule has 0 spiro atoms. The van der Waals surface area contributed by atoms with Crippen LogP contribution in [0.1, 0.15) is 23.9 Å². The molecule has 0 radical (unpaired) electrons. The van der Waals surface area contributed by atoms with E-state index < -0.39 is 10.0 Å². The first-order chi connectivity index (χ1) is 11.0. The number of aryl methyl sites for hydroxylation is 1. The fourth-order valence-corrected chi connectivity index (χ4v) is 4.05. The van der Waals surface area contributed by atoms with Crippen LogP contribution in [0, 0.1) is 6.92 Å². The van der Waals surface area contributed by atoms with Crippen molar-refractivity contribution in [3.05, 3.63) is 47.3 Å². The summed E-state index contributed by atoms with van der Waals surface area (Å²) in [5.41, 5.74) is 4.01. The topological polar surface area (TPSA) is 63.2 Å². The molecule has 0 aliphatic carbocycles. The molecule has 1 aliphatic rings. The second-order valence-electron chi connectivity index (χ2n) is 5.72. The number of benzene rings is 1. The van der Waals surface area contributed by atoms with Crippen LogP contribution in [-0.2, 0) is 22.9 Å².